The zero-order chi connectivity index (χ0) is 20.0. The van der Waals surface area contributed by atoms with Crippen molar-refractivity contribution < 1.29 is 9.53 Å². The molecule has 2 rings (SSSR count). The molecule has 1 unspecified atom stereocenters. The molecular formula is C21H28BrN3O2. The number of nitrogens with zero attached hydrogens (tertiary/aromatic N) is 2. The van der Waals surface area contributed by atoms with Crippen molar-refractivity contribution in [3.05, 3.63) is 40.9 Å². The molecule has 0 radical (unpaired) electrons. The van der Waals surface area contributed by atoms with Crippen LogP contribution in [0.25, 0.3) is 10.8 Å². The van der Waals surface area contributed by atoms with E-state index in [0.717, 1.165) is 15.2 Å². The lowest BCUT2D eigenvalue weighted by Gasteiger charge is -2.27. The van der Waals surface area contributed by atoms with E-state index in [1.807, 2.05) is 76.2 Å². The topological polar surface area (TPSA) is 53.9 Å². The van der Waals surface area contributed by atoms with Crippen molar-refractivity contribution in [1.29, 1.82) is 0 Å². The molecule has 0 saturated heterocycles. The van der Waals surface area contributed by atoms with Crippen molar-refractivity contribution in [3.8, 4) is 5.75 Å². The quantitative estimate of drug-likeness (QED) is 0.500. The van der Waals surface area contributed by atoms with E-state index in [1.54, 1.807) is 6.34 Å². The lowest BCUT2D eigenvalue weighted by Crippen LogP contribution is -2.51. The molecule has 1 amide bonds. The van der Waals surface area contributed by atoms with Gasteiger partial charge in [-0.3, -0.25) is 9.79 Å². The number of hydrogen-bond donors (Lipinski definition) is 1. The van der Waals surface area contributed by atoms with Crippen LogP contribution in [0.15, 0.2) is 45.9 Å². The van der Waals surface area contributed by atoms with Gasteiger partial charge in [0, 0.05) is 18.6 Å². The van der Waals surface area contributed by atoms with Gasteiger partial charge in [0.2, 0.25) is 0 Å². The molecule has 0 spiro atoms. The Bertz CT molecular complexity index is 818. The Kier molecular flexibility index (Phi) is 7.25. The fourth-order valence-electron chi connectivity index (χ4n) is 2.64. The van der Waals surface area contributed by atoms with Gasteiger partial charge in [-0.2, -0.15) is 0 Å². The summed E-state index contributed by atoms with van der Waals surface area (Å²) in [6.07, 6.45) is 1.78. The van der Waals surface area contributed by atoms with E-state index in [0.29, 0.717) is 18.7 Å². The Labute approximate surface area is 169 Å². The molecule has 2 aromatic rings. The second-order valence-corrected chi connectivity index (χ2v) is 8.38. The summed E-state index contributed by atoms with van der Waals surface area (Å²) in [4.78, 5) is 18.9. The smallest absolute Gasteiger partial charge is 0.261 e. The van der Waals surface area contributed by atoms with E-state index >= 15 is 0 Å². The number of nitrogens with one attached hydrogen (secondary N) is 1. The van der Waals surface area contributed by atoms with Crippen LogP contribution in [0.2, 0.25) is 0 Å². The fraction of sp³-hybridized carbons (Fsp3) is 0.429. The summed E-state index contributed by atoms with van der Waals surface area (Å²) in [6.45, 7) is 6.35. The number of carbonyl (C=O) groups excluding carboxylic acids is 1. The highest BCUT2D eigenvalue weighted by molar-refractivity contribution is 9.10. The highest BCUT2D eigenvalue weighted by atomic mass is 79.9. The monoisotopic (exact) mass is 433 g/mol. The van der Waals surface area contributed by atoms with Gasteiger partial charge >= 0.3 is 0 Å². The van der Waals surface area contributed by atoms with Gasteiger partial charge in [-0.25, -0.2) is 0 Å². The number of ether oxygens (including phenoxy) is 1. The van der Waals surface area contributed by atoms with Gasteiger partial charge < -0.3 is 15.0 Å². The van der Waals surface area contributed by atoms with Crippen molar-refractivity contribution in [1.82, 2.24) is 10.2 Å². The van der Waals surface area contributed by atoms with Crippen LogP contribution in [0.1, 0.15) is 27.2 Å². The van der Waals surface area contributed by atoms with E-state index in [2.05, 4.69) is 26.2 Å². The Morgan fingerprint density at radius 2 is 1.96 bits per heavy atom. The van der Waals surface area contributed by atoms with Crippen molar-refractivity contribution >= 4 is 38.9 Å². The number of benzene rings is 2. The number of fused-ring (bicyclic) bond motifs is 1. The number of halogens is 1. The molecule has 146 valence electrons. The first-order valence-corrected chi connectivity index (χ1v) is 9.84. The summed E-state index contributed by atoms with van der Waals surface area (Å²) in [6, 6.07) is 12.0. The summed E-state index contributed by atoms with van der Waals surface area (Å²) < 4.78 is 7.00. The molecule has 0 aliphatic heterocycles. The zero-order valence-corrected chi connectivity index (χ0v) is 18.2. The van der Waals surface area contributed by atoms with Gasteiger partial charge in [-0.1, -0.05) is 35.0 Å². The minimum absolute atomic E-state index is 0.128. The molecule has 0 aromatic heterocycles. The Morgan fingerprint density at radius 3 is 2.63 bits per heavy atom. The first-order chi connectivity index (χ1) is 12.7. The van der Waals surface area contributed by atoms with E-state index in [1.165, 1.54) is 0 Å². The summed E-state index contributed by atoms with van der Waals surface area (Å²) in [5.41, 5.74) is -0.450. The molecule has 2 aromatic carbocycles. The molecule has 27 heavy (non-hydrogen) atoms. The summed E-state index contributed by atoms with van der Waals surface area (Å²) in [5.74, 6) is 0.558. The van der Waals surface area contributed by atoms with Crippen LogP contribution < -0.4 is 10.1 Å². The van der Waals surface area contributed by atoms with Gasteiger partial charge in [-0.15, -0.1) is 0 Å². The number of hydrogen-bond acceptors (Lipinski definition) is 3. The van der Waals surface area contributed by atoms with Crippen LogP contribution in [-0.4, -0.2) is 49.4 Å². The van der Waals surface area contributed by atoms with Crippen molar-refractivity contribution in [2.24, 2.45) is 4.99 Å². The number of aliphatic imine (C=N–C) groups is 1. The summed E-state index contributed by atoms with van der Waals surface area (Å²) in [5, 5.41) is 5.24. The first kappa shape index (κ1) is 21.2. The predicted octanol–water partition coefficient (Wildman–Crippen LogP) is 4.24. The maximum atomic E-state index is 12.7. The predicted molar refractivity (Wildman–Crippen MR) is 116 cm³/mol. The summed E-state index contributed by atoms with van der Waals surface area (Å²) in [7, 11) is 3.83. The van der Waals surface area contributed by atoms with E-state index < -0.39 is 11.6 Å². The first-order valence-electron chi connectivity index (χ1n) is 9.04. The van der Waals surface area contributed by atoms with Crippen LogP contribution in [0, 0.1) is 0 Å². The van der Waals surface area contributed by atoms with Crippen molar-refractivity contribution in [2.75, 3.05) is 20.6 Å². The average molecular weight is 434 g/mol. The minimum atomic E-state index is -0.549. The lowest BCUT2D eigenvalue weighted by molar-refractivity contribution is -0.129. The number of amides is 1. The third-order valence-corrected chi connectivity index (χ3v) is 4.47. The van der Waals surface area contributed by atoms with Crippen LogP contribution >= 0.6 is 15.9 Å². The Hall–Kier alpha value is -2.08. The molecule has 5 nitrogen and oxygen atoms in total. The Morgan fingerprint density at radius 1 is 1.26 bits per heavy atom. The highest BCUT2D eigenvalue weighted by Gasteiger charge is 2.26. The van der Waals surface area contributed by atoms with Crippen LogP contribution in [0.4, 0.5) is 0 Å². The molecule has 0 aliphatic carbocycles. The van der Waals surface area contributed by atoms with Gasteiger partial charge in [0.05, 0.1) is 18.4 Å². The second kappa shape index (κ2) is 9.22. The van der Waals surface area contributed by atoms with Gasteiger partial charge in [0.15, 0.2) is 6.10 Å². The molecule has 1 atom stereocenters. The second-order valence-electron chi connectivity index (χ2n) is 7.46. The van der Waals surface area contributed by atoms with Crippen LogP contribution in [0.3, 0.4) is 0 Å². The Balaban J connectivity index is 2.06. The molecule has 0 saturated carbocycles. The maximum Gasteiger partial charge on any atom is 0.261 e. The lowest BCUT2D eigenvalue weighted by atomic mass is 10.1. The normalized spacial score (nSPS) is 13.0. The van der Waals surface area contributed by atoms with Crippen molar-refractivity contribution in [3.63, 3.8) is 0 Å². The molecule has 0 fully saturated rings. The largest absolute Gasteiger partial charge is 0.481 e. The third-order valence-electron chi connectivity index (χ3n) is 3.98. The number of carbonyl (C=O) groups is 1. The van der Waals surface area contributed by atoms with Gasteiger partial charge in [0.1, 0.15) is 5.75 Å². The fourth-order valence-corrected chi connectivity index (χ4v) is 3.02. The standard InChI is InChI=1S/C21H28BrN3O2/c1-6-19(20(26)24-21(2,3)13-23-14-25(4)5)27-18-10-8-15-7-9-17(22)11-16(15)12-18/h7-12,14,19H,6,13H2,1-5H3,(H,24,26). The van der Waals surface area contributed by atoms with Gasteiger partial charge in [-0.05, 0) is 55.3 Å². The van der Waals surface area contributed by atoms with Crippen LogP contribution in [-0.2, 0) is 4.79 Å². The van der Waals surface area contributed by atoms with E-state index in [4.69, 9.17) is 4.74 Å². The molecule has 1 N–H and O–H groups in total. The van der Waals surface area contributed by atoms with E-state index in [9.17, 15) is 4.79 Å². The number of rotatable bonds is 8. The maximum absolute atomic E-state index is 12.7. The molecule has 6 heteroatoms. The van der Waals surface area contributed by atoms with E-state index in [-0.39, 0.29) is 5.91 Å². The van der Waals surface area contributed by atoms with Gasteiger partial charge in [0.25, 0.3) is 5.91 Å². The summed E-state index contributed by atoms with van der Waals surface area (Å²) >= 11 is 3.49. The highest BCUT2D eigenvalue weighted by Crippen LogP contribution is 2.25. The molecule has 0 bridgehead atoms. The van der Waals surface area contributed by atoms with Crippen molar-refractivity contribution in [2.45, 2.75) is 38.8 Å². The zero-order valence-electron chi connectivity index (χ0n) is 16.6. The molecular weight excluding hydrogens is 406 g/mol. The average Bonchev–Trinajstić information content (AvgIpc) is 2.58. The molecule has 0 aliphatic rings. The molecule has 0 heterocycles. The van der Waals surface area contributed by atoms with Crippen LogP contribution in [0.5, 0.6) is 5.75 Å². The SMILES string of the molecule is CCC(Oc1ccc2ccc(Br)cc2c1)C(=O)NC(C)(C)CN=CN(C)C. The third kappa shape index (κ3) is 6.54. The minimum Gasteiger partial charge on any atom is -0.481 e.